The lowest BCUT2D eigenvalue weighted by atomic mass is 10.1. The molecule has 3 aromatic rings. The number of aryl methyl sites for hydroxylation is 1. The molecule has 6 nitrogen and oxygen atoms in total. The van der Waals surface area contributed by atoms with E-state index in [2.05, 4.69) is 4.98 Å². The Labute approximate surface area is 182 Å². The van der Waals surface area contributed by atoms with Crippen LogP contribution in [0.25, 0.3) is 11.8 Å². The second-order valence-electron chi connectivity index (χ2n) is 7.64. The van der Waals surface area contributed by atoms with Gasteiger partial charge in [0.25, 0.3) is 0 Å². The molecule has 0 atom stereocenters. The van der Waals surface area contributed by atoms with Crippen molar-refractivity contribution in [2.75, 3.05) is 20.2 Å². The van der Waals surface area contributed by atoms with Crippen molar-refractivity contribution in [3.8, 4) is 17.2 Å². The van der Waals surface area contributed by atoms with Crippen LogP contribution in [0.15, 0.2) is 67.1 Å². The Bertz CT molecular complexity index is 1050. The van der Waals surface area contributed by atoms with Gasteiger partial charge in [-0.2, -0.15) is 0 Å². The molecule has 1 aliphatic rings. The fourth-order valence-electron chi connectivity index (χ4n) is 3.72. The van der Waals surface area contributed by atoms with Gasteiger partial charge in [0.2, 0.25) is 5.91 Å². The van der Waals surface area contributed by atoms with Gasteiger partial charge in [-0.1, -0.05) is 24.3 Å². The molecule has 4 rings (SSSR count). The van der Waals surface area contributed by atoms with Crippen LogP contribution in [0.3, 0.4) is 0 Å². The first-order valence-corrected chi connectivity index (χ1v) is 10.5. The minimum absolute atomic E-state index is 0.0199. The van der Waals surface area contributed by atoms with Crippen molar-refractivity contribution < 1.29 is 14.3 Å². The maximum Gasteiger partial charge on any atom is 0.246 e. The summed E-state index contributed by atoms with van der Waals surface area (Å²) in [5.74, 6) is 1.63. The maximum atomic E-state index is 12.6. The predicted octanol–water partition coefficient (Wildman–Crippen LogP) is 4.27. The molecule has 0 unspecified atom stereocenters. The van der Waals surface area contributed by atoms with E-state index in [9.17, 15) is 4.79 Å². The molecule has 1 saturated heterocycles. The summed E-state index contributed by atoms with van der Waals surface area (Å²) in [4.78, 5) is 18.8. The van der Waals surface area contributed by atoms with Crippen LogP contribution in [-0.4, -0.2) is 46.7 Å². The molecular weight excluding hydrogens is 390 g/mol. The van der Waals surface area contributed by atoms with Crippen molar-refractivity contribution in [1.82, 2.24) is 14.5 Å². The van der Waals surface area contributed by atoms with Crippen molar-refractivity contribution in [2.45, 2.75) is 25.9 Å². The summed E-state index contributed by atoms with van der Waals surface area (Å²) in [6, 6.07) is 15.7. The van der Waals surface area contributed by atoms with Gasteiger partial charge in [-0.05, 0) is 42.8 Å². The largest absolute Gasteiger partial charge is 0.495 e. The summed E-state index contributed by atoms with van der Waals surface area (Å²) in [7, 11) is 1.64. The first kappa shape index (κ1) is 20.7. The van der Waals surface area contributed by atoms with Gasteiger partial charge < -0.3 is 18.9 Å². The lowest BCUT2D eigenvalue weighted by Gasteiger charge is -2.31. The number of amides is 1. The zero-order chi connectivity index (χ0) is 21.6. The number of methoxy groups -OCH3 is 1. The van der Waals surface area contributed by atoms with Gasteiger partial charge >= 0.3 is 0 Å². The number of carbonyl (C=O) groups excluding carboxylic acids is 1. The highest BCUT2D eigenvalue weighted by molar-refractivity contribution is 5.92. The number of rotatable bonds is 6. The van der Waals surface area contributed by atoms with E-state index in [0.717, 1.165) is 41.3 Å². The monoisotopic (exact) mass is 417 g/mol. The summed E-state index contributed by atoms with van der Waals surface area (Å²) in [5, 5.41) is 0. The van der Waals surface area contributed by atoms with E-state index in [0.29, 0.717) is 13.1 Å². The van der Waals surface area contributed by atoms with Gasteiger partial charge in [0.15, 0.2) is 0 Å². The van der Waals surface area contributed by atoms with Crippen molar-refractivity contribution >= 4 is 12.0 Å². The molecule has 0 saturated carbocycles. The van der Waals surface area contributed by atoms with Gasteiger partial charge in [0.1, 0.15) is 17.6 Å². The van der Waals surface area contributed by atoms with Gasteiger partial charge in [0.05, 0.1) is 24.8 Å². The van der Waals surface area contributed by atoms with Crippen LogP contribution in [0.2, 0.25) is 0 Å². The molecule has 0 bridgehead atoms. The summed E-state index contributed by atoms with van der Waals surface area (Å²) >= 11 is 0. The average molecular weight is 418 g/mol. The molecule has 0 N–H and O–H groups in total. The topological polar surface area (TPSA) is 56.6 Å². The fourth-order valence-corrected chi connectivity index (χ4v) is 3.72. The molecule has 160 valence electrons. The normalized spacial score (nSPS) is 14.7. The standard InChI is InChI=1S/C25H27N3O3/c1-19-17-28(18-26-19)23-10-8-20(16-24(23)30-2)9-11-25(29)27-14-12-22(13-15-27)31-21-6-4-3-5-7-21/h3-11,16-18,22H,12-15H2,1-2H3. The number of aromatic nitrogens is 2. The quantitative estimate of drug-likeness (QED) is 0.562. The van der Waals surface area contributed by atoms with E-state index in [1.54, 1.807) is 19.5 Å². The Morgan fingerprint density at radius 3 is 2.58 bits per heavy atom. The fraction of sp³-hybridized carbons (Fsp3) is 0.280. The molecule has 1 fully saturated rings. The maximum absolute atomic E-state index is 12.6. The highest BCUT2D eigenvalue weighted by Gasteiger charge is 2.22. The molecule has 2 heterocycles. The number of hydrogen-bond donors (Lipinski definition) is 0. The van der Waals surface area contributed by atoms with Crippen LogP contribution < -0.4 is 9.47 Å². The van der Waals surface area contributed by atoms with Gasteiger partial charge in [-0.15, -0.1) is 0 Å². The number of ether oxygens (including phenoxy) is 2. The molecule has 2 aromatic carbocycles. The number of benzene rings is 2. The zero-order valence-corrected chi connectivity index (χ0v) is 17.9. The third kappa shape index (κ3) is 5.15. The Hall–Kier alpha value is -3.54. The van der Waals surface area contributed by atoms with Crippen LogP contribution in [0, 0.1) is 6.92 Å². The first-order valence-electron chi connectivity index (χ1n) is 10.5. The number of likely N-dealkylation sites (tertiary alicyclic amines) is 1. The molecule has 31 heavy (non-hydrogen) atoms. The number of hydrogen-bond acceptors (Lipinski definition) is 4. The van der Waals surface area contributed by atoms with Gasteiger partial charge in [0, 0.05) is 38.2 Å². The lowest BCUT2D eigenvalue weighted by Crippen LogP contribution is -2.41. The Balaban J connectivity index is 1.35. The van der Waals surface area contributed by atoms with E-state index in [1.165, 1.54) is 0 Å². The molecule has 1 aliphatic heterocycles. The number of carbonyl (C=O) groups is 1. The van der Waals surface area contributed by atoms with E-state index in [-0.39, 0.29) is 12.0 Å². The van der Waals surface area contributed by atoms with Crippen molar-refractivity contribution in [3.05, 3.63) is 78.4 Å². The summed E-state index contributed by atoms with van der Waals surface area (Å²) in [6.45, 7) is 3.34. The third-order valence-electron chi connectivity index (χ3n) is 5.41. The van der Waals surface area contributed by atoms with Crippen molar-refractivity contribution in [3.63, 3.8) is 0 Å². The second kappa shape index (κ2) is 9.51. The average Bonchev–Trinajstić information content (AvgIpc) is 3.24. The van der Waals surface area contributed by atoms with Gasteiger partial charge in [-0.3, -0.25) is 4.79 Å². The van der Waals surface area contributed by atoms with E-state index in [4.69, 9.17) is 9.47 Å². The lowest BCUT2D eigenvalue weighted by molar-refractivity contribution is -0.127. The number of para-hydroxylation sites is 1. The zero-order valence-electron chi connectivity index (χ0n) is 17.9. The Kier molecular flexibility index (Phi) is 6.36. The SMILES string of the molecule is COc1cc(C=CC(=O)N2CCC(Oc3ccccc3)CC2)ccc1-n1cnc(C)c1. The van der Waals surface area contributed by atoms with Crippen LogP contribution in [0.1, 0.15) is 24.1 Å². The number of nitrogens with zero attached hydrogens (tertiary/aromatic N) is 3. The van der Waals surface area contributed by atoms with Crippen LogP contribution in [0.5, 0.6) is 11.5 Å². The molecular formula is C25H27N3O3. The van der Waals surface area contributed by atoms with E-state index in [1.807, 2.05) is 77.2 Å². The molecule has 0 spiro atoms. The number of piperidine rings is 1. The summed E-state index contributed by atoms with van der Waals surface area (Å²) in [6.07, 6.45) is 9.00. The van der Waals surface area contributed by atoms with Crippen LogP contribution in [0.4, 0.5) is 0 Å². The molecule has 6 heteroatoms. The molecule has 1 aromatic heterocycles. The third-order valence-corrected chi connectivity index (χ3v) is 5.41. The molecule has 1 amide bonds. The van der Waals surface area contributed by atoms with Gasteiger partial charge in [-0.25, -0.2) is 4.98 Å². The van der Waals surface area contributed by atoms with Crippen LogP contribution in [-0.2, 0) is 4.79 Å². The Morgan fingerprint density at radius 1 is 1.13 bits per heavy atom. The van der Waals surface area contributed by atoms with Crippen LogP contribution >= 0.6 is 0 Å². The highest BCUT2D eigenvalue weighted by Crippen LogP contribution is 2.25. The van der Waals surface area contributed by atoms with Crippen molar-refractivity contribution in [1.29, 1.82) is 0 Å². The molecule has 0 aliphatic carbocycles. The van der Waals surface area contributed by atoms with Crippen molar-refractivity contribution in [2.24, 2.45) is 0 Å². The highest BCUT2D eigenvalue weighted by atomic mass is 16.5. The smallest absolute Gasteiger partial charge is 0.246 e. The first-order chi connectivity index (χ1) is 15.1. The molecule has 0 radical (unpaired) electrons. The predicted molar refractivity (Wildman–Crippen MR) is 121 cm³/mol. The second-order valence-corrected chi connectivity index (χ2v) is 7.64. The number of imidazole rings is 1. The minimum Gasteiger partial charge on any atom is -0.495 e. The van der Waals surface area contributed by atoms with E-state index < -0.39 is 0 Å². The summed E-state index contributed by atoms with van der Waals surface area (Å²) in [5.41, 5.74) is 2.76. The minimum atomic E-state index is 0.0199. The Morgan fingerprint density at radius 2 is 1.90 bits per heavy atom. The summed E-state index contributed by atoms with van der Waals surface area (Å²) < 4.78 is 13.5. The van der Waals surface area contributed by atoms with E-state index >= 15 is 0 Å².